The summed E-state index contributed by atoms with van der Waals surface area (Å²) < 4.78 is 10.7. The minimum absolute atomic E-state index is 0.582. The van der Waals surface area contributed by atoms with Crippen molar-refractivity contribution in [3.05, 3.63) is 53.5 Å². The molecule has 1 atom stereocenters. The first-order chi connectivity index (χ1) is 8.22. The first kappa shape index (κ1) is 11.7. The fourth-order valence-corrected chi connectivity index (χ4v) is 1.76. The quantitative estimate of drug-likeness (QED) is 0.880. The van der Waals surface area contributed by atoms with Crippen LogP contribution in [0.15, 0.2) is 41.0 Å². The monoisotopic (exact) mass is 232 g/mol. The molecule has 0 fully saturated rings. The zero-order valence-corrected chi connectivity index (χ0v) is 10.0. The third-order valence-corrected chi connectivity index (χ3v) is 2.63. The van der Waals surface area contributed by atoms with Crippen molar-refractivity contribution >= 4 is 0 Å². The van der Waals surface area contributed by atoms with Gasteiger partial charge in [-0.05, 0) is 43.2 Å². The van der Waals surface area contributed by atoms with E-state index in [1.807, 2.05) is 44.2 Å². The lowest BCUT2D eigenvalue weighted by Crippen LogP contribution is -2.00. The molecule has 3 nitrogen and oxygen atoms in total. The smallest absolute Gasteiger partial charge is 0.139 e. The number of aliphatic hydroxyl groups excluding tert-OH is 1. The Hall–Kier alpha value is -1.74. The Kier molecular flexibility index (Phi) is 3.49. The van der Waals surface area contributed by atoms with E-state index in [4.69, 9.17) is 9.15 Å². The van der Waals surface area contributed by atoms with Gasteiger partial charge >= 0.3 is 0 Å². The van der Waals surface area contributed by atoms with E-state index in [1.54, 1.807) is 6.26 Å². The molecular formula is C14H16O3. The fraction of sp³-hybridized carbons (Fsp3) is 0.286. The van der Waals surface area contributed by atoms with Crippen LogP contribution in [0.2, 0.25) is 0 Å². The molecule has 0 aliphatic heterocycles. The Bertz CT molecular complexity index is 488. The van der Waals surface area contributed by atoms with Gasteiger partial charge in [0.25, 0.3) is 0 Å². The van der Waals surface area contributed by atoms with Gasteiger partial charge < -0.3 is 14.3 Å². The number of benzene rings is 1. The summed E-state index contributed by atoms with van der Waals surface area (Å²) in [6.07, 6.45) is 0.839. The lowest BCUT2D eigenvalue weighted by molar-refractivity contribution is 0.187. The van der Waals surface area contributed by atoms with Crippen molar-refractivity contribution in [2.24, 2.45) is 0 Å². The highest BCUT2D eigenvalue weighted by Gasteiger charge is 2.16. The van der Waals surface area contributed by atoms with Crippen molar-refractivity contribution in [2.75, 3.05) is 6.61 Å². The van der Waals surface area contributed by atoms with E-state index in [2.05, 4.69) is 0 Å². The maximum absolute atomic E-state index is 10.2. The van der Waals surface area contributed by atoms with E-state index < -0.39 is 6.10 Å². The summed E-state index contributed by atoms with van der Waals surface area (Å²) in [5.74, 6) is 1.34. The van der Waals surface area contributed by atoms with Crippen LogP contribution in [0.1, 0.15) is 29.9 Å². The number of aryl methyl sites for hydroxylation is 1. The van der Waals surface area contributed by atoms with Gasteiger partial charge in [-0.1, -0.05) is 12.1 Å². The van der Waals surface area contributed by atoms with Gasteiger partial charge in [0.05, 0.1) is 12.9 Å². The predicted molar refractivity (Wildman–Crippen MR) is 65.1 cm³/mol. The second-order valence-electron chi connectivity index (χ2n) is 3.88. The fourth-order valence-electron chi connectivity index (χ4n) is 1.76. The van der Waals surface area contributed by atoms with Crippen LogP contribution in [0, 0.1) is 6.92 Å². The maximum atomic E-state index is 10.2. The van der Waals surface area contributed by atoms with Crippen LogP contribution in [0.4, 0.5) is 0 Å². The second kappa shape index (κ2) is 5.06. The molecule has 90 valence electrons. The standard InChI is InChI=1S/C14H16O3/c1-3-16-12-6-4-5-11(9-12)13(15)14-10(2)7-8-17-14/h4-9,13,15H,3H2,1-2H3. The number of ether oxygens (including phenoxy) is 1. The molecule has 1 aromatic heterocycles. The molecule has 0 bridgehead atoms. The van der Waals surface area contributed by atoms with Crippen LogP contribution >= 0.6 is 0 Å². The first-order valence-electron chi connectivity index (χ1n) is 5.67. The summed E-state index contributed by atoms with van der Waals surface area (Å²) in [5.41, 5.74) is 1.72. The Morgan fingerprint density at radius 2 is 2.18 bits per heavy atom. The van der Waals surface area contributed by atoms with E-state index in [0.717, 1.165) is 16.9 Å². The van der Waals surface area contributed by atoms with Gasteiger partial charge in [0.15, 0.2) is 0 Å². The van der Waals surface area contributed by atoms with E-state index in [0.29, 0.717) is 12.4 Å². The normalized spacial score (nSPS) is 12.4. The molecule has 0 radical (unpaired) electrons. The largest absolute Gasteiger partial charge is 0.494 e. The van der Waals surface area contributed by atoms with Crippen LogP contribution in [0.25, 0.3) is 0 Å². The predicted octanol–water partition coefficient (Wildman–Crippen LogP) is 3.07. The van der Waals surface area contributed by atoms with Gasteiger partial charge in [0.1, 0.15) is 17.6 Å². The minimum Gasteiger partial charge on any atom is -0.494 e. The van der Waals surface area contributed by atoms with E-state index in [1.165, 1.54) is 0 Å². The first-order valence-corrected chi connectivity index (χ1v) is 5.67. The molecule has 0 spiro atoms. The molecule has 17 heavy (non-hydrogen) atoms. The number of aliphatic hydroxyl groups is 1. The molecule has 1 heterocycles. The van der Waals surface area contributed by atoms with Gasteiger partial charge in [-0.3, -0.25) is 0 Å². The van der Waals surface area contributed by atoms with Crippen molar-refractivity contribution in [2.45, 2.75) is 20.0 Å². The van der Waals surface area contributed by atoms with Gasteiger partial charge in [-0.15, -0.1) is 0 Å². The SMILES string of the molecule is CCOc1cccc(C(O)c2occc2C)c1. The molecule has 3 heteroatoms. The summed E-state index contributed by atoms with van der Waals surface area (Å²) in [4.78, 5) is 0. The van der Waals surface area contributed by atoms with Crippen molar-refractivity contribution in [1.82, 2.24) is 0 Å². The van der Waals surface area contributed by atoms with Gasteiger partial charge in [-0.2, -0.15) is 0 Å². The summed E-state index contributed by atoms with van der Waals surface area (Å²) in [6.45, 7) is 4.45. The van der Waals surface area contributed by atoms with Crippen molar-refractivity contribution < 1.29 is 14.3 Å². The Balaban J connectivity index is 2.28. The number of hydrogen-bond donors (Lipinski definition) is 1. The van der Waals surface area contributed by atoms with Crippen molar-refractivity contribution in [3.63, 3.8) is 0 Å². The molecule has 0 aliphatic rings. The molecule has 2 aromatic rings. The number of hydrogen-bond acceptors (Lipinski definition) is 3. The third kappa shape index (κ3) is 2.50. The molecule has 1 N–H and O–H groups in total. The number of rotatable bonds is 4. The Labute approximate surface area is 101 Å². The lowest BCUT2D eigenvalue weighted by atomic mass is 10.0. The molecule has 1 aromatic carbocycles. The zero-order chi connectivity index (χ0) is 12.3. The van der Waals surface area contributed by atoms with Gasteiger partial charge in [0.2, 0.25) is 0 Å². The van der Waals surface area contributed by atoms with Crippen molar-refractivity contribution in [1.29, 1.82) is 0 Å². The highest BCUT2D eigenvalue weighted by atomic mass is 16.5. The number of furan rings is 1. The topological polar surface area (TPSA) is 42.6 Å². The maximum Gasteiger partial charge on any atom is 0.139 e. The molecule has 1 unspecified atom stereocenters. The molecule has 0 amide bonds. The Morgan fingerprint density at radius 3 is 2.82 bits per heavy atom. The highest BCUT2D eigenvalue weighted by Crippen LogP contribution is 2.27. The third-order valence-electron chi connectivity index (χ3n) is 2.63. The molecule has 0 saturated heterocycles. The molecule has 2 rings (SSSR count). The second-order valence-corrected chi connectivity index (χ2v) is 3.88. The average Bonchev–Trinajstić information content (AvgIpc) is 2.75. The lowest BCUT2D eigenvalue weighted by Gasteiger charge is -2.11. The summed E-state index contributed by atoms with van der Waals surface area (Å²) in [7, 11) is 0. The van der Waals surface area contributed by atoms with Gasteiger partial charge in [-0.25, -0.2) is 0 Å². The van der Waals surface area contributed by atoms with Gasteiger partial charge in [0, 0.05) is 0 Å². The van der Waals surface area contributed by atoms with Crippen LogP contribution in [-0.4, -0.2) is 11.7 Å². The van der Waals surface area contributed by atoms with Crippen LogP contribution in [-0.2, 0) is 0 Å². The van der Waals surface area contributed by atoms with E-state index >= 15 is 0 Å². The molecule has 0 saturated carbocycles. The molecular weight excluding hydrogens is 216 g/mol. The average molecular weight is 232 g/mol. The summed E-state index contributed by atoms with van der Waals surface area (Å²) >= 11 is 0. The van der Waals surface area contributed by atoms with Crippen LogP contribution in [0.3, 0.4) is 0 Å². The highest BCUT2D eigenvalue weighted by molar-refractivity contribution is 5.34. The summed E-state index contributed by atoms with van der Waals surface area (Å²) in [5, 5.41) is 10.2. The van der Waals surface area contributed by atoms with Crippen LogP contribution in [0.5, 0.6) is 5.75 Å². The van der Waals surface area contributed by atoms with Crippen LogP contribution < -0.4 is 4.74 Å². The minimum atomic E-state index is -0.745. The Morgan fingerprint density at radius 1 is 1.35 bits per heavy atom. The summed E-state index contributed by atoms with van der Waals surface area (Å²) in [6, 6.07) is 9.26. The zero-order valence-electron chi connectivity index (χ0n) is 10.0. The van der Waals surface area contributed by atoms with Crippen molar-refractivity contribution in [3.8, 4) is 5.75 Å². The van der Waals surface area contributed by atoms with E-state index in [9.17, 15) is 5.11 Å². The molecule has 0 aliphatic carbocycles. The van der Waals surface area contributed by atoms with E-state index in [-0.39, 0.29) is 0 Å².